The third kappa shape index (κ3) is 3.63. The molecule has 0 saturated carbocycles. The topological polar surface area (TPSA) is 46.5 Å². The normalized spacial score (nSPS) is 11.3. The lowest BCUT2D eigenvalue weighted by Gasteiger charge is -2.19. The Bertz CT molecular complexity index is 413. The Labute approximate surface area is 106 Å². The van der Waals surface area contributed by atoms with Crippen LogP contribution >= 0.6 is 11.6 Å². The fourth-order valence-corrected chi connectivity index (χ4v) is 1.77. The van der Waals surface area contributed by atoms with Gasteiger partial charge in [-0.05, 0) is 44.9 Å². The van der Waals surface area contributed by atoms with Crippen LogP contribution in [0.5, 0.6) is 5.75 Å². The van der Waals surface area contributed by atoms with Crippen LogP contribution in [0.25, 0.3) is 0 Å². The summed E-state index contributed by atoms with van der Waals surface area (Å²) in [6.07, 6.45) is 0.439. The zero-order chi connectivity index (χ0) is 13.1. The first-order chi connectivity index (χ1) is 7.86. The van der Waals surface area contributed by atoms with E-state index in [1.807, 2.05) is 13.0 Å². The van der Waals surface area contributed by atoms with Crippen LogP contribution in [0.15, 0.2) is 18.2 Å². The largest absolute Gasteiger partial charge is 0.492 e. The Balaban J connectivity index is 2.87. The molecule has 1 aromatic carbocycles. The van der Waals surface area contributed by atoms with E-state index in [1.54, 1.807) is 26.0 Å². The lowest BCUT2D eigenvalue weighted by molar-refractivity contribution is -0.146. The molecule has 1 N–H and O–H groups in total. The minimum absolute atomic E-state index is 0.439. The van der Waals surface area contributed by atoms with Gasteiger partial charge in [0.25, 0.3) is 0 Å². The van der Waals surface area contributed by atoms with E-state index in [0.29, 0.717) is 23.8 Å². The standard InChI is InChI=1S/C13H17ClO3/c1-4-17-11-6-5-9(7-10(11)14)8-13(2,3)12(15)16/h5-7H,4,8H2,1-3H3,(H,15,16). The van der Waals surface area contributed by atoms with Crippen LogP contribution in [0.1, 0.15) is 26.3 Å². The summed E-state index contributed by atoms with van der Waals surface area (Å²) in [5.41, 5.74) is 0.0991. The number of carboxylic acid groups (broad SMARTS) is 1. The highest BCUT2D eigenvalue weighted by Crippen LogP contribution is 2.29. The van der Waals surface area contributed by atoms with Gasteiger partial charge in [-0.3, -0.25) is 4.79 Å². The molecule has 1 rings (SSSR count). The Morgan fingerprint density at radius 3 is 2.59 bits per heavy atom. The smallest absolute Gasteiger partial charge is 0.309 e. The average Bonchev–Trinajstić information content (AvgIpc) is 2.21. The summed E-state index contributed by atoms with van der Waals surface area (Å²) in [4.78, 5) is 11.0. The van der Waals surface area contributed by atoms with Gasteiger partial charge < -0.3 is 9.84 Å². The molecule has 0 radical (unpaired) electrons. The summed E-state index contributed by atoms with van der Waals surface area (Å²) in [7, 11) is 0. The van der Waals surface area contributed by atoms with Crippen molar-refractivity contribution in [2.45, 2.75) is 27.2 Å². The molecule has 0 atom stereocenters. The fraction of sp³-hybridized carbons (Fsp3) is 0.462. The van der Waals surface area contributed by atoms with Crippen LogP contribution in [-0.2, 0) is 11.2 Å². The summed E-state index contributed by atoms with van der Waals surface area (Å²) in [5.74, 6) is -0.187. The van der Waals surface area contributed by atoms with E-state index >= 15 is 0 Å². The molecule has 94 valence electrons. The third-order valence-corrected chi connectivity index (χ3v) is 2.82. The van der Waals surface area contributed by atoms with Gasteiger partial charge in [0.15, 0.2) is 0 Å². The Kier molecular flexibility index (Phi) is 4.40. The van der Waals surface area contributed by atoms with Gasteiger partial charge in [0, 0.05) is 0 Å². The zero-order valence-electron chi connectivity index (χ0n) is 10.3. The van der Waals surface area contributed by atoms with Gasteiger partial charge in [0.05, 0.1) is 17.0 Å². The van der Waals surface area contributed by atoms with E-state index in [9.17, 15) is 4.79 Å². The monoisotopic (exact) mass is 256 g/mol. The quantitative estimate of drug-likeness (QED) is 0.878. The molecule has 0 heterocycles. The number of benzene rings is 1. The molecule has 0 aliphatic rings. The van der Waals surface area contributed by atoms with Crippen molar-refractivity contribution in [3.8, 4) is 5.75 Å². The molecule has 17 heavy (non-hydrogen) atoms. The molecule has 0 bridgehead atoms. The summed E-state index contributed by atoms with van der Waals surface area (Å²) >= 11 is 6.04. The third-order valence-electron chi connectivity index (χ3n) is 2.52. The van der Waals surface area contributed by atoms with Gasteiger partial charge in [-0.25, -0.2) is 0 Å². The number of carboxylic acids is 1. The van der Waals surface area contributed by atoms with E-state index < -0.39 is 11.4 Å². The first-order valence-electron chi connectivity index (χ1n) is 5.51. The number of ether oxygens (including phenoxy) is 1. The van der Waals surface area contributed by atoms with Crippen LogP contribution in [0, 0.1) is 5.41 Å². The van der Waals surface area contributed by atoms with Gasteiger partial charge >= 0.3 is 5.97 Å². The zero-order valence-corrected chi connectivity index (χ0v) is 11.0. The summed E-state index contributed by atoms with van der Waals surface area (Å²) < 4.78 is 5.32. The van der Waals surface area contributed by atoms with E-state index in [1.165, 1.54) is 0 Å². The van der Waals surface area contributed by atoms with E-state index in [2.05, 4.69) is 0 Å². The predicted octanol–water partition coefficient (Wildman–Crippen LogP) is 3.39. The van der Waals surface area contributed by atoms with Gasteiger partial charge in [-0.1, -0.05) is 17.7 Å². The van der Waals surface area contributed by atoms with Crippen molar-refractivity contribution >= 4 is 17.6 Å². The highest BCUT2D eigenvalue weighted by molar-refractivity contribution is 6.32. The first-order valence-corrected chi connectivity index (χ1v) is 5.89. The summed E-state index contributed by atoms with van der Waals surface area (Å²) in [6.45, 7) is 5.83. The molecule has 1 aromatic rings. The van der Waals surface area contributed by atoms with E-state index in [-0.39, 0.29) is 0 Å². The van der Waals surface area contributed by atoms with E-state index in [4.69, 9.17) is 21.4 Å². The Hall–Kier alpha value is -1.22. The number of halogens is 1. The molecule has 0 spiro atoms. The van der Waals surface area contributed by atoms with Crippen molar-refractivity contribution in [2.24, 2.45) is 5.41 Å². The molecule has 3 nitrogen and oxygen atoms in total. The number of hydrogen-bond donors (Lipinski definition) is 1. The average molecular weight is 257 g/mol. The van der Waals surface area contributed by atoms with Crippen molar-refractivity contribution in [1.82, 2.24) is 0 Å². The van der Waals surface area contributed by atoms with Crippen molar-refractivity contribution in [2.75, 3.05) is 6.61 Å². The molecule has 0 aliphatic carbocycles. The minimum atomic E-state index is -0.817. The summed E-state index contributed by atoms with van der Waals surface area (Å²) in [6, 6.07) is 5.39. The van der Waals surface area contributed by atoms with Crippen LogP contribution in [-0.4, -0.2) is 17.7 Å². The maximum absolute atomic E-state index is 11.0. The van der Waals surface area contributed by atoms with Crippen LogP contribution in [0.2, 0.25) is 5.02 Å². The van der Waals surface area contributed by atoms with Crippen LogP contribution < -0.4 is 4.74 Å². The lowest BCUT2D eigenvalue weighted by Crippen LogP contribution is -2.26. The second kappa shape index (κ2) is 5.41. The fourth-order valence-electron chi connectivity index (χ4n) is 1.51. The van der Waals surface area contributed by atoms with Gasteiger partial charge in [0.1, 0.15) is 5.75 Å². The second-order valence-electron chi connectivity index (χ2n) is 4.56. The molecular formula is C13H17ClO3. The molecule has 0 saturated heterocycles. The molecule has 0 aromatic heterocycles. The molecular weight excluding hydrogens is 240 g/mol. The van der Waals surface area contributed by atoms with Crippen molar-refractivity contribution in [3.63, 3.8) is 0 Å². The molecule has 4 heteroatoms. The highest BCUT2D eigenvalue weighted by atomic mass is 35.5. The highest BCUT2D eigenvalue weighted by Gasteiger charge is 2.27. The van der Waals surface area contributed by atoms with Gasteiger partial charge in [0.2, 0.25) is 0 Å². The SMILES string of the molecule is CCOc1ccc(CC(C)(C)C(=O)O)cc1Cl. The van der Waals surface area contributed by atoms with Crippen molar-refractivity contribution < 1.29 is 14.6 Å². The van der Waals surface area contributed by atoms with Gasteiger partial charge in [-0.2, -0.15) is 0 Å². The summed E-state index contributed by atoms with van der Waals surface area (Å²) in [5, 5.41) is 9.57. The predicted molar refractivity (Wildman–Crippen MR) is 67.7 cm³/mol. The molecule has 0 aliphatic heterocycles. The Morgan fingerprint density at radius 2 is 2.12 bits per heavy atom. The maximum atomic E-state index is 11.0. The number of rotatable bonds is 5. The van der Waals surface area contributed by atoms with Crippen LogP contribution in [0.3, 0.4) is 0 Å². The number of aliphatic carboxylic acids is 1. The Morgan fingerprint density at radius 1 is 1.47 bits per heavy atom. The first kappa shape index (κ1) is 13.8. The second-order valence-corrected chi connectivity index (χ2v) is 4.97. The van der Waals surface area contributed by atoms with Crippen molar-refractivity contribution in [3.05, 3.63) is 28.8 Å². The molecule has 0 amide bonds. The lowest BCUT2D eigenvalue weighted by atomic mass is 9.86. The van der Waals surface area contributed by atoms with Gasteiger partial charge in [-0.15, -0.1) is 0 Å². The van der Waals surface area contributed by atoms with Crippen LogP contribution in [0.4, 0.5) is 0 Å². The maximum Gasteiger partial charge on any atom is 0.309 e. The molecule has 0 fully saturated rings. The van der Waals surface area contributed by atoms with E-state index in [0.717, 1.165) is 5.56 Å². The van der Waals surface area contributed by atoms with Crippen molar-refractivity contribution in [1.29, 1.82) is 0 Å². The minimum Gasteiger partial charge on any atom is -0.492 e. The number of hydrogen-bond acceptors (Lipinski definition) is 2. The molecule has 0 unspecified atom stereocenters. The number of carbonyl (C=O) groups is 1.